The molecule has 3 aromatic rings. The molecule has 0 aliphatic carbocycles. The number of hydrogen-bond acceptors (Lipinski definition) is 3. The fourth-order valence-corrected chi connectivity index (χ4v) is 3.89. The van der Waals surface area contributed by atoms with Crippen molar-refractivity contribution in [3.05, 3.63) is 70.8 Å². The molecule has 2 heterocycles. The molecule has 27 heavy (non-hydrogen) atoms. The number of benzene rings is 2. The molecule has 1 fully saturated rings. The van der Waals surface area contributed by atoms with E-state index < -0.39 is 12.1 Å². The van der Waals surface area contributed by atoms with Gasteiger partial charge in [0, 0.05) is 22.6 Å². The summed E-state index contributed by atoms with van der Waals surface area (Å²) in [5.74, 6) is -0.0958. The Labute approximate surface area is 165 Å². The Morgan fingerprint density at radius 3 is 2.74 bits per heavy atom. The van der Waals surface area contributed by atoms with E-state index in [4.69, 9.17) is 4.74 Å². The first kappa shape index (κ1) is 17.8. The molecule has 1 amide bonds. The van der Waals surface area contributed by atoms with Gasteiger partial charge in [0.2, 0.25) is 0 Å². The van der Waals surface area contributed by atoms with Crippen LogP contribution in [0.3, 0.4) is 0 Å². The van der Waals surface area contributed by atoms with Crippen molar-refractivity contribution in [3.8, 4) is 0 Å². The number of amides is 1. The van der Waals surface area contributed by atoms with Crippen molar-refractivity contribution in [2.24, 2.45) is 0 Å². The smallest absolute Gasteiger partial charge is 0.410 e. The highest BCUT2D eigenvalue weighted by Crippen LogP contribution is 2.25. The van der Waals surface area contributed by atoms with Crippen molar-refractivity contribution in [2.75, 3.05) is 6.54 Å². The van der Waals surface area contributed by atoms with E-state index in [9.17, 15) is 9.59 Å². The maximum Gasteiger partial charge on any atom is 0.410 e. The fourth-order valence-electron chi connectivity index (χ4n) is 3.51. The van der Waals surface area contributed by atoms with Crippen LogP contribution in [0.1, 0.15) is 23.2 Å². The first-order chi connectivity index (χ1) is 13.1. The van der Waals surface area contributed by atoms with Crippen LogP contribution in [0.5, 0.6) is 0 Å². The molecule has 0 spiro atoms. The maximum atomic E-state index is 13.1. The first-order valence-corrected chi connectivity index (χ1v) is 9.71. The SMILES string of the molecule is O=C(OCc1ccccc1)N1CCCC1C(=O)n1ccc2cc(Br)ccc21. The zero-order valence-electron chi connectivity index (χ0n) is 14.7. The zero-order chi connectivity index (χ0) is 18.8. The molecule has 1 saturated heterocycles. The molecule has 5 nitrogen and oxygen atoms in total. The Morgan fingerprint density at radius 2 is 1.93 bits per heavy atom. The van der Waals surface area contributed by atoms with E-state index in [1.54, 1.807) is 15.7 Å². The normalized spacial score (nSPS) is 16.6. The summed E-state index contributed by atoms with van der Waals surface area (Å²) in [6.45, 7) is 0.742. The van der Waals surface area contributed by atoms with Crippen molar-refractivity contribution in [1.82, 2.24) is 9.47 Å². The second-order valence-electron chi connectivity index (χ2n) is 6.62. The molecule has 0 bridgehead atoms. The molecule has 138 valence electrons. The predicted molar refractivity (Wildman–Crippen MR) is 107 cm³/mol. The van der Waals surface area contributed by atoms with Crippen LogP contribution >= 0.6 is 15.9 Å². The molecule has 0 N–H and O–H groups in total. The number of fused-ring (bicyclic) bond motifs is 1. The van der Waals surface area contributed by atoms with Gasteiger partial charge in [-0.05, 0) is 42.7 Å². The number of rotatable bonds is 3. The number of carbonyl (C=O) groups is 2. The third-order valence-electron chi connectivity index (χ3n) is 4.87. The standard InChI is InChI=1S/C21H19BrN2O3/c22-17-8-9-18-16(13-17)10-12-23(18)20(25)19-7-4-11-24(19)21(26)27-14-15-5-2-1-3-6-15/h1-3,5-6,8-10,12-13,19H,4,7,11,14H2. The number of aromatic nitrogens is 1. The van der Waals surface area contributed by atoms with Gasteiger partial charge >= 0.3 is 6.09 Å². The average molecular weight is 427 g/mol. The largest absolute Gasteiger partial charge is 0.445 e. The monoisotopic (exact) mass is 426 g/mol. The Balaban J connectivity index is 1.50. The predicted octanol–water partition coefficient (Wildman–Crippen LogP) is 4.85. The molecule has 6 heteroatoms. The molecule has 1 unspecified atom stereocenters. The van der Waals surface area contributed by atoms with Crippen LogP contribution in [0, 0.1) is 0 Å². The molecule has 0 saturated carbocycles. The lowest BCUT2D eigenvalue weighted by Crippen LogP contribution is -2.42. The molecule has 1 atom stereocenters. The second-order valence-corrected chi connectivity index (χ2v) is 7.53. The van der Waals surface area contributed by atoms with Crippen molar-refractivity contribution in [2.45, 2.75) is 25.5 Å². The summed E-state index contributed by atoms with van der Waals surface area (Å²) in [6, 6.07) is 16.7. The lowest BCUT2D eigenvalue weighted by molar-refractivity contribution is 0.0679. The summed E-state index contributed by atoms with van der Waals surface area (Å²) in [4.78, 5) is 27.2. The lowest BCUT2D eigenvalue weighted by Gasteiger charge is -2.23. The number of halogens is 1. The van der Waals surface area contributed by atoms with Crippen LogP contribution in [-0.2, 0) is 11.3 Å². The van der Waals surface area contributed by atoms with E-state index in [-0.39, 0.29) is 12.5 Å². The van der Waals surface area contributed by atoms with Gasteiger partial charge in [0.15, 0.2) is 0 Å². The van der Waals surface area contributed by atoms with Gasteiger partial charge in [-0.2, -0.15) is 0 Å². The quantitative estimate of drug-likeness (QED) is 0.601. The Morgan fingerprint density at radius 1 is 1.11 bits per heavy atom. The maximum absolute atomic E-state index is 13.1. The first-order valence-electron chi connectivity index (χ1n) is 8.91. The summed E-state index contributed by atoms with van der Waals surface area (Å²) in [6.07, 6.45) is 2.77. The summed E-state index contributed by atoms with van der Waals surface area (Å²) >= 11 is 3.45. The summed E-state index contributed by atoms with van der Waals surface area (Å²) < 4.78 is 8.03. The van der Waals surface area contributed by atoms with Gasteiger partial charge < -0.3 is 4.74 Å². The Bertz CT molecular complexity index is 984. The van der Waals surface area contributed by atoms with E-state index in [0.717, 1.165) is 27.4 Å². The summed E-state index contributed by atoms with van der Waals surface area (Å²) in [5, 5.41) is 0.980. The molecular formula is C21H19BrN2O3. The van der Waals surface area contributed by atoms with Gasteiger partial charge in [0.05, 0.1) is 5.52 Å². The van der Waals surface area contributed by atoms with Crippen LogP contribution in [-0.4, -0.2) is 34.1 Å². The lowest BCUT2D eigenvalue weighted by atomic mass is 10.2. The summed E-state index contributed by atoms with van der Waals surface area (Å²) in [7, 11) is 0. The highest BCUT2D eigenvalue weighted by atomic mass is 79.9. The highest BCUT2D eigenvalue weighted by molar-refractivity contribution is 9.10. The van der Waals surface area contributed by atoms with Crippen molar-refractivity contribution < 1.29 is 14.3 Å². The minimum Gasteiger partial charge on any atom is -0.445 e. The van der Waals surface area contributed by atoms with E-state index in [1.165, 1.54) is 0 Å². The topological polar surface area (TPSA) is 51.5 Å². The van der Waals surface area contributed by atoms with Crippen LogP contribution in [0.15, 0.2) is 65.3 Å². The third-order valence-corrected chi connectivity index (χ3v) is 5.36. The Kier molecular flexibility index (Phi) is 4.99. The number of ether oxygens (including phenoxy) is 1. The average Bonchev–Trinajstić information content (AvgIpc) is 3.33. The molecule has 0 radical (unpaired) electrons. The van der Waals surface area contributed by atoms with Crippen LogP contribution in [0.25, 0.3) is 10.9 Å². The minimum absolute atomic E-state index is 0.0958. The van der Waals surface area contributed by atoms with Gasteiger partial charge in [0.25, 0.3) is 5.91 Å². The third kappa shape index (κ3) is 3.62. The molecule has 1 aliphatic rings. The van der Waals surface area contributed by atoms with Crippen molar-refractivity contribution >= 4 is 38.8 Å². The molecular weight excluding hydrogens is 408 g/mol. The fraction of sp³-hybridized carbons (Fsp3) is 0.238. The van der Waals surface area contributed by atoms with Crippen molar-refractivity contribution in [3.63, 3.8) is 0 Å². The Hall–Kier alpha value is -2.60. The van der Waals surface area contributed by atoms with Crippen LogP contribution in [0.2, 0.25) is 0 Å². The number of nitrogens with zero attached hydrogens (tertiary/aromatic N) is 2. The van der Waals surface area contributed by atoms with E-state index in [0.29, 0.717) is 13.0 Å². The van der Waals surface area contributed by atoms with E-state index in [1.807, 2.05) is 54.6 Å². The molecule has 1 aliphatic heterocycles. The molecule has 4 rings (SSSR count). The molecule has 2 aromatic carbocycles. The highest BCUT2D eigenvalue weighted by Gasteiger charge is 2.36. The second kappa shape index (κ2) is 7.56. The van der Waals surface area contributed by atoms with Gasteiger partial charge in [0.1, 0.15) is 12.6 Å². The van der Waals surface area contributed by atoms with Crippen molar-refractivity contribution in [1.29, 1.82) is 0 Å². The van der Waals surface area contributed by atoms with Gasteiger partial charge in [-0.15, -0.1) is 0 Å². The van der Waals surface area contributed by atoms with E-state index >= 15 is 0 Å². The number of carbonyl (C=O) groups excluding carboxylic acids is 2. The molecule has 1 aromatic heterocycles. The zero-order valence-corrected chi connectivity index (χ0v) is 16.3. The minimum atomic E-state index is -0.493. The number of hydrogen-bond donors (Lipinski definition) is 0. The van der Waals surface area contributed by atoms with Crippen LogP contribution in [0.4, 0.5) is 4.79 Å². The van der Waals surface area contributed by atoms with Gasteiger partial charge in [-0.1, -0.05) is 46.3 Å². The van der Waals surface area contributed by atoms with Gasteiger partial charge in [-0.25, -0.2) is 4.79 Å². The summed E-state index contributed by atoms with van der Waals surface area (Å²) in [5.41, 5.74) is 1.77. The van der Waals surface area contributed by atoms with Crippen LogP contribution < -0.4 is 0 Å². The number of likely N-dealkylation sites (tertiary alicyclic amines) is 1. The van der Waals surface area contributed by atoms with Gasteiger partial charge in [-0.3, -0.25) is 14.3 Å². The van der Waals surface area contributed by atoms with E-state index in [2.05, 4.69) is 15.9 Å².